The molecular formula is C21H21Cl2N3O5. The minimum atomic E-state index is -0.458. The SMILES string of the molecule is CCOC(=O)COc1cccc(C=NNC(=O)CCNC(=O)c2ccc(Cl)c(Cl)c2)c1. The lowest BCUT2D eigenvalue weighted by molar-refractivity contribution is -0.145. The number of rotatable bonds is 10. The van der Waals surface area contributed by atoms with E-state index in [0.29, 0.717) is 21.9 Å². The average molecular weight is 466 g/mol. The van der Waals surface area contributed by atoms with Gasteiger partial charge in [0.05, 0.1) is 22.9 Å². The Labute approximate surface area is 189 Å². The van der Waals surface area contributed by atoms with Crippen LogP contribution in [-0.2, 0) is 14.3 Å². The van der Waals surface area contributed by atoms with Crippen LogP contribution in [0.3, 0.4) is 0 Å². The molecule has 8 nitrogen and oxygen atoms in total. The van der Waals surface area contributed by atoms with E-state index < -0.39 is 5.97 Å². The minimum Gasteiger partial charge on any atom is -0.482 e. The van der Waals surface area contributed by atoms with E-state index in [1.54, 1.807) is 37.3 Å². The molecule has 2 amide bonds. The van der Waals surface area contributed by atoms with Crippen LogP contribution in [0.1, 0.15) is 29.3 Å². The Balaban J connectivity index is 1.74. The van der Waals surface area contributed by atoms with Gasteiger partial charge < -0.3 is 14.8 Å². The van der Waals surface area contributed by atoms with Gasteiger partial charge in [-0.15, -0.1) is 0 Å². The Bertz CT molecular complexity index is 966. The van der Waals surface area contributed by atoms with Crippen molar-refractivity contribution in [2.24, 2.45) is 5.10 Å². The first kappa shape index (κ1) is 24.2. The van der Waals surface area contributed by atoms with Crippen LogP contribution in [0.15, 0.2) is 47.6 Å². The smallest absolute Gasteiger partial charge is 0.344 e. The molecule has 0 fully saturated rings. The number of hydrazone groups is 1. The first-order chi connectivity index (χ1) is 14.9. The second-order valence-corrected chi connectivity index (χ2v) is 6.91. The average Bonchev–Trinajstić information content (AvgIpc) is 2.74. The molecule has 0 atom stereocenters. The number of hydrogen-bond donors (Lipinski definition) is 2. The Hall–Kier alpha value is -3.10. The van der Waals surface area contributed by atoms with Crippen molar-refractivity contribution in [3.05, 3.63) is 63.6 Å². The summed E-state index contributed by atoms with van der Waals surface area (Å²) >= 11 is 11.7. The molecule has 2 rings (SSSR count). The van der Waals surface area contributed by atoms with Crippen molar-refractivity contribution in [1.29, 1.82) is 0 Å². The number of carbonyl (C=O) groups excluding carboxylic acids is 3. The second-order valence-electron chi connectivity index (χ2n) is 6.09. The zero-order valence-electron chi connectivity index (χ0n) is 16.7. The Morgan fingerprint density at radius 1 is 1.10 bits per heavy atom. The van der Waals surface area contributed by atoms with E-state index in [9.17, 15) is 14.4 Å². The van der Waals surface area contributed by atoms with E-state index in [0.717, 1.165) is 0 Å². The third-order valence-electron chi connectivity index (χ3n) is 3.74. The molecule has 164 valence electrons. The van der Waals surface area contributed by atoms with Crippen LogP contribution in [0.5, 0.6) is 5.75 Å². The second kappa shape index (κ2) is 12.6. The molecule has 0 heterocycles. The van der Waals surface area contributed by atoms with Crippen LogP contribution in [0.4, 0.5) is 0 Å². The predicted molar refractivity (Wildman–Crippen MR) is 118 cm³/mol. The molecule has 0 saturated heterocycles. The van der Waals surface area contributed by atoms with E-state index in [4.69, 9.17) is 32.7 Å². The lowest BCUT2D eigenvalue weighted by Crippen LogP contribution is -2.29. The summed E-state index contributed by atoms with van der Waals surface area (Å²) in [4.78, 5) is 35.2. The molecule has 31 heavy (non-hydrogen) atoms. The quantitative estimate of drug-likeness (QED) is 0.318. The van der Waals surface area contributed by atoms with Crippen LogP contribution in [-0.4, -0.2) is 43.8 Å². The maximum Gasteiger partial charge on any atom is 0.344 e. The van der Waals surface area contributed by atoms with E-state index in [1.807, 2.05) is 0 Å². The van der Waals surface area contributed by atoms with Gasteiger partial charge in [0.1, 0.15) is 5.75 Å². The fourth-order valence-corrected chi connectivity index (χ4v) is 2.59. The van der Waals surface area contributed by atoms with Gasteiger partial charge in [-0.1, -0.05) is 35.3 Å². The van der Waals surface area contributed by atoms with Gasteiger partial charge in [0.15, 0.2) is 6.61 Å². The minimum absolute atomic E-state index is 0.0348. The van der Waals surface area contributed by atoms with Crippen molar-refractivity contribution in [2.75, 3.05) is 19.8 Å². The molecule has 0 saturated carbocycles. The zero-order chi connectivity index (χ0) is 22.6. The van der Waals surface area contributed by atoms with Gasteiger partial charge in [-0.3, -0.25) is 9.59 Å². The fraction of sp³-hybridized carbons (Fsp3) is 0.238. The summed E-state index contributed by atoms with van der Waals surface area (Å²) in [6.07, 6.45) is 1.47. The molecule has 0 aliphatic rings. The molecule has 2 aromatic carbocycles. The number of halogens is 2. The summed E-state index contributed by atoms with van der Waals surface area (Å²) in [7, 11) is 0. The Kier molecular flexibility index (Phi) is 9.80. The van der Waals surface area contributed by atoms with Crippen molar-refractivity contribution >= 4 is 47.2 Å². The van der Waals surface area contributed by atoms with Crippen molar-refractivity contribution in [3.63, 3.8) is 0 Å². The summed E-state index contributed by atoms with van der Waals surface area (Å²) in [6.45, 7) is 1.93. The van der Waals surface area contributed by atoms with Gasteiger partial charge >= 0.3 is 5.97 Å². The lowest BCUT2D eigenvalue weighted by Gasteiger charge is -2.06. The Morgan fingerprint density at radius 3 is 2.65 bits per heavy atom. The molecule has 0 radical (unpaired) electrons. The highest BCUT2D eigenvalue weighted by Crippen LogP contribution is 2.22. The van der Waals surface area contributed by atoms with Crippen molar-refractivity contribution in [3.8, 4) is 5.75 Å². The highest BCUT2D eigenvalue weighted by molar-refractivity contribution is 6.42. The van der Waals surface area contributed by atoms with Crippen molar-refractivity contribution in [1.82, 2.24) is 10.7 Å². The molecule has 10 heteroatoms. The summed E-state index contributed by atoms with van der Waals surface area (Å²) in [6, 6.07) is 11.3. The molecule has 0 unspecified atom stereocenters. The maximum absolute atomic E-state index is 12.0. The van der Waals surface area contributed by atoms with Gasteiger partial charge in [-0.05, 0) is 42.8 Å². The molecule has 0 bridgehead atoms. The summed E-state index contributed by atoms with van der Waals surface area (Å²) in [5.41, 5.74) is 3.38. The molecule has 2 N–H and O–H groups in total. The topological polar surface area (TPSA) is 106 Å². The third kappa shape index (κ3) is 8.65. The summed E-state index contributed by atoms with van der Waals surface area (Å²) in [5.74, 6) is -0.733. The van der Waals surface area contributed by atoms with Crippen LogP contribution in [0.25, 0.3) is 0 Å². The Morgan fingerprint density at radius 2 is 1.90 bits per heavy atom. The number of hydrogen-bond acceptors (Lipinski definition) is 6. The maximum atomic E-state index is 12.0. The zero-order valence-corrected chi connectivity index (χ0v) is 18.2. The third-order valence-corrected chi connectivity index (χ3v) is 4.48. The number of nitrogens with one attached hydrogen (secondary N) is 2. The molecule has 0 spiro atoms. The van der Waals surface area contributed by atoms with Crippen LogP contribution >= 0.6 is 23.2 Å². The summed E-state index contributed by atoms with van der Waals surface area (Å²) < 4.78 is 10.1. The van der Waals surface area contributed by atoms with Crippen molar-refractivity contribution < 1.29 is 23.9 Å². The van der Waals surface area contributed by atoms with E-state index in [2.05, 4.69) is 15.8 Å². The van der Waals surface area contributed by atoms with E-state index >= 15 is 0 Å². The number of ether oxygens (including phenoxy) is 2. The molecule has 0 aliphatic heterocycles. The number of nitrogens with zero attached hydrogens (tertiary/aromatic N) is 1. The normalized spacial score (nSPS) is 10.5. The van der Waals surface area contributed by atoms with Gasteiger partial charge in [-0.2, -0.15) is 5.10 Å². The molecule has 2 aromatic rings. The van der Waals surface area contributed by atoms with Crippen molar-refractivity contribution in [2.45, 2.75) is 13.3 Å². The van der Waals surface area contributed by atoms with Gasteiger partial charge in [-0.25, -0.2) is 10.2 Å². The van der Waals surface area contributed by atoms with E-state index in [1.165, 1.54) is 18.3 Å². The molecule has 0 aromatic heterocycles. The summed E-state index contributed by atoms with van der Waals surface area (Å²) in [5, 5.41) is 7.11. The highest BCUT2D eigenvalue weighted by atomic mass is 35.5. The molecule has 0 aliphatic carbocycles. The van der Waals surface area contributed by atoms with Gasteiger partial charge in [0, 0.05) is 18.5 Å². The number of carbonyl (C=O) groups is 3. The number of benzene rings is 2. The molecular weight excluding hydrogens is 445 g/mol. The predicted octanol–water partition coefficient (Wildman–Crippen LogP) is 3.21. The number of esters is 1. The first-order valence-corrected chi connectivity index (χ1v) is 10.1. The monoisotopic (exact) mass is 465 g/mol. The van der Waals surface area contributed by atoms with Gasteiger partial charge in [0.2, 0.25) is 5.91 Å². The van der Waals surface area contributed by atoms with E-state index in [-0.39, 0.29) is 43.0 Å². The number of amides is 2. The lowest BCUT2D eigenvalue weighted by atomic mass is 10.2. The highest BCUT2D eigenvalue weighted by Gasteiger charge is 2.08. The fourth-order valence-electron chi connectivity index (χ4n) is 2.29. The van der Waals surface area contributed by atoms with Crippen LogP contribution < -0.4 is 15.5 Å². The standard InChI is InChI=1S/C21H21Cl2N3O5/c1-2-30-20(28)13-31-16-5-3-4-14(10-16)12-25-26-19(27)8-9-24-21(29)15-6-7-17(22)18(23)11-15/h3-7,10-12H,2,8-9,13H2,1H3,(H,24,29)(H,26,27). The van der Waals surface area contributed by atoms with Crippen LogP contribution in [0, 0.1) is 0 Å². The largest absolute Gasteiger partial charge is 0.482 e. The van der Waals surface area contributed by atoms with Crippen LogP contribution in [0.2, 0.25) is 10.0 Å². The first-order valence-electron chi connectivity index (χ1n) is 9.32. The van der Waals surface area contributed by atoms with Gasteiger partial charge in [0.25, 0.3) is 5.91 Å².